The predicted molar refractivity (Wildman–Crippen MR) is 72.7 cm³/mol. The van der Waals surface area contributed by atoms with E-state index in [4.69, 9.17) is 22.2 Å². The standard InChI is InChI=1S/C12H15BrClFN2O/c1-6-2-5-9(18-6)12(17-16)7-3-4-8(13)10(14)11(7)15/h3-4,6,9,12,17H,2,5,16H2,1H3. The van der Waals surface area contributed by atoms with E-state index in [1.807, 2.05) is 6.92 Å². The fraction of sp³-hybridized carbons (Fsp3) is 0.500. The number of benzene rings is 1. The van der Waals surface area contributed by atoms with E-state index in [9.17, 15) is 4.39 Å². The number of hydrogen-bond acceptors (Lipinski definition) is 3. The summed E-state index contributed by atoms with van der Waals surface area (Å²) in [7, 11) is 0. The number of nitrogens with one attached hydrogen (secondary N) is 1. The number of halogens is 3. The number of nitrogens with two attached hydrogens (primary N) is 1. The molecule has 1 saturated heterocycles. The molecule has 1 heterocycles. The molecule has 1 aromatic carbocycles. The normalized spacial score (nSPS) is 25.4. The van der Waals surface area contributed by atoms with Gasteiger partial charge < -0.3 is 4.74 Å². The quantitative estimate of drug-likeness (QED) is 0.505. The van der Waals surface area contributed by atoms with Crippen molar-refractivity contribution in [3.63, 3.8) is 0 Å². The van der Waals surface area contributed by atoms with Gasteiger partial charge in [0.2, 0.25) is 0 Å². The number of hydrogen-bond donors (Lipinski definition) is 2. The van der Waals surface area contributed by atoms with Crippen LogP contribution in [0, 0.1) is 5.82 Å². The molecule has 3 N–H and O–H groups in total. The third-order valence-corrected chi connectivity index (χ3v) is 4.47. The molecule has 0 spiro atoms. The zero-order chi connectivity index (χ0) is 13.3. The molecule has 6 heteroatoms. The van der Waals surface area contributed by atoms with Gasteiger partial charge in [0.25, 0.3) is 0 Å². The summed E-state index contributed by atoms with van der Waals surface area (Å²) in [5, 5.41) is 0.0683. The van der Waals surface area contributed by atoms with Crippen molar-refractivity contribution in [3.05, 3.63) is 33.0 Å². The summed E-state index contributed by atoms with van der Waals surface area (Å²) in [4.78, 5) is 0. The molecule has 2 rings (SSSR count). The summed E-state index contributed by atoms with van der Waals surface area (Å²) in [6, 6.07) is 2.99. The SMILES string of the molecule is CC1CCC(C(NN)c2ccc(Br)c(Cl)c2F)O1. The lowest BCUT2D eigenvalue weighted by Gasteiger charge is -2.24. The van der Waals surface area contributed by atoms with Crippen molar-refractivity contribution in [2.75, 3.05) is 0 Å². The van der Waals surface area contributed by atoms with Gasteiger partial charge in [0.15, 0.2) is 0 Å². The Balaban J connectivity index is 2.30. The van der Waals surface area contributed by atoms with E-state index in [1.165, 1.54) is 0 Å². The van der Waals surface area contributed by atoms with Gasteiger partial charge in [-0.3, -0.25) is 11.3 Å². The van der Waals surface area contributed by atoms with Crippen molar-refractivity contribution in [3.8, 4) is 0 Å². The maximum absolute atomic E-state index is 14.1. The molecule has 0 aliphatic carbocycles. The molecule has 0 radical (unpaired) electrons. The Bertz CT molecular complexity index is 446. The zero-order valence-corrected chi connectivity index (χ0v) is 12.3. The first-order valence-corrected chi connectivity index (χ1v) is 6.96. The number of rotatable bonds is 3. The molecule has 0 saturated carbocycles. The highest BCUT2D eigenvalue weighted by atomic mass is 79.9. The maximum Gasteiger partial charge on any atom is 0.147 e. The molecular formula is C12H15BrClFN2O. The molecule has 3 unspecified atom stereocenters. The summed E-state index contributed by atoms with van der Waals surface area (Å²) in [6.07, 6.45) is 1.86. The Labute approximate surface area is 119 Å². The van der Waals surface area contributed by atoms with Crippen molar-refractivity contribution in [1.29, 1.82) is 0 Å². The monoisotopic (exact) mass is 336 g/mol. The lowest BCUT2D eigenvalue weighted by atomic mass is 9.99. The van der Waals surface area contributed by atoms with Gasteiger partial charge in [0.1, 0.15) is 5.82 Å². The van der Waals surface area contributed by atoms with Crippen LogP contribution in [0.3, 0.4) is 0 Å². The maximum atomic E-state index is 14.1. The highest BCUT2D eigenvalue weighted by molar-refractivity contribution is 9.10. The minimum absolute atomic E-state index is 0.0683. The smallest absolute Gasteiger partial charge is 0.147 e. The van der Waals surface area contributed by atoms with E-state index in [2.05, 4.69) is 21.4 Å². The summed E-state index contributed by atoms with van der Waals surface area (Å²) in [5.74, 6) is 5.07. The minimum Gasteiger partial charge on any atom is -0.373 e. The minimum atomic E-state index is -0.461. The fourth-order valence-electron chi connectivity index (χ4n) is 2.26. The topological polar surface area (TPSA) is 47.3 Å². The fourth-order valence-corrected chi connectivity index (χ4v) is 2.74. The van der Waals surface area contributed by atoms with Gasteiger partial charge in [-0.25, -0.2) is 4.39 Å². The Kier molecular flexibility index (Phi) is 4.61. The van der Waals surface area contributed by atoms with E-state index in [-0.39, 0.29) is 23.3 Å². The van der Waals surface area contributed by atoms with Crippen LogP contribution in [0.2, 0.25) is 5.02 Å². The van der Waals surface area contributed by atoms with Crippen LogP contribution >= 0.6 is 27.5 Å². The van der Waals surface area contributed by atoms with Gasteiger partial charge in [-0.05, 0) is 41.8 Å². The van der Waals surface area contributed by atoms with Crippen LogP contribution in [-0.2, 0) is 4.74 Å². The molecule has 1 aliphatic heterocycles. The first-order chi connectivity index (χ1) is 8.54. The second-order valence-electron chi connectivity index (χ2n) is 4.47. The average Bonchev–Trinajstić information content (AvgIpc) is 2.77. The predicted octanol–water partition coefficient (Wildman–Crippen LogP) is 3.31. The molecule has 18 heavy (non-hydrogen) atoms. The van der Waals surface area contributed by atoms with Crippen LogP contribution in [0.25, 0.3) is 0 Å². The van der Waals surface area contributed by atoms with Crippen molar-refractivity contribution in [1.82, 2.24) is 5.43 Å². The molecule has 3 nitrogen and oxygen atoms in total. The number of hydrazine groups is 1. The Hall–Kier alpha value is -0.200. The number of ether oxygens (including phenoxy) is 1. The van der Waals surface area contributed by atoms with Crippen LogP contribution in [0.4, 0.5) is 4.39 Å². The zero-order valence-electron chi connectivity index (χ0n) is 9.92. The van der Waals surface area contributed by atoms with Crippen LogP contribution in [0.15, 0.2) is 16.6 Å². The summed E-state index contributed by atoms with van der Waals surface area (Å²) in [5.41, 5.74) is 3.06. The Morgan fingerprint density at radius 2 is 2.28 bits per heavy atom. The van der Waals surface area contributed by atoms with Crippen molar-refractivity contribution >= 4 is 27.5 Å². The molecule has 1 fully saturated rings. The van der Waals surface area contributed by atoms with Crippen molar-refractivity contribution in [2.24, 2.45) is 5.84 Å². The van der Waals surface area contributed by atoms with Gasteiger partial charge in [-0.1, -0.05) is 17.7 Å². The lowest BCUT2D eigenvalue weighted by molar-refractivity contribution is 0.0308. The average molecular weight is 338 g/mol. The Morgan fingerprint density at radius 1 is 1.56 bits per heavy atom. The molecule has 0 aromatic heterocycles. The Morgan fingerprint density at radius 3 is 2.83 bits per heavy atom. The molecule has 100 valence electrons. The highest BCUT2D eigenvalue weighted by Gasteiger charge is 2.32. The molecule has 0 bridgehead atoms. The van der Waals surface area contributed by atoms with E-state index < -0.39 is 5.82 Å². The molecule has 1 aromatic rings. The largest absolute Gasteiger partial charge is 0.373 e. The highest BCUT2D eigenvalue weighted by Crippen LogP contribution is 2.35. The van der Waals surface area contributed by atoms with Gasteiger partial charge >= 0.3 is 0 Å². The third kappa shape index (κ3) is 2.70. The summed E-state index contributed by atoms with van der Waals surface area (Å²) >= 11 is 9.08. The van der Waals surface area contributed by atoms with Crippen LogP contribution in [-0.4, -0.2) is 12.2 Å². The van der Waals surface area contributed by atoms with Gasteiger partial charge in [0, 0.05) is 10.0 Å². The van der Waals surface area contributed by atoms with Gasteiger partial charge in [0.05, 0.1) is 23.3 Å². The van der Waals surface area contributed by atoms with Crippen LogP contribution < -0.4 is 11.3 Å². The van der Waals surface area contributed by atoms with Crippen molar-refractivity contribution < 1.29 is 9.13 Å². The lowest BCUT2D eigenvalue weighted by Crippen LogP contribution is -2.37. The summed E-state index contributed by atoms with van der Waals surface area (Å²) in [6.45, 7) is 2.00. The van der Waals surface area contributed by atoms with Gasteiger partial charge in [-0.2, -0.15) is 0 Å². The summed E-state index contributed by atoms with van der Waals surface area (Å²) < 4.78 is 20.4. The molecular weight excluding hydrogens is 322 g/mol. The van der Waals surface area contributed by atoms with Crippen LogP contribution in [0.5, 0.6) is 0 Å². The van der Waals surface area contributed by atoms with E-state index >= 15 is 0 Å². The second-order valence-corrected chi connectivity index (χ2v) is 5.70. The van der Waals surface area contributed by atoms with E-state index in [0.29, 0.717) is 10.0 Å². The van der Waals surface area contributed by atoms with Crippen molar-refractivity contribution in [2.45, 2.75) is 38.0 Å². The van der Waals surface area contributed by atoms with Crippen LogP contribution in [0.1, 0.15) is 31.4 Å². The van der Waals surface area contributed by atoms with Gasteiger partial charge in [-0.15, -0.1) is 0 Å². The first-order valence-electron chi connectivity index (χ1n) is 5.79. The molecule has 1 aliphatic rings. The molecule has 0 amide bonds. The first kappa shape index (κ1) is 14.2. The van der Waals surface area contributed by atoms with E-state index in [1.54, 1.807) is 12.1 Å². The van der Waals surface area contributed by atoms with E-state index in [0.717, 1.165) is 12.8 Å². The third-order valence-electron chi connectivity index (χ3n) is 3.22. The second kappa shape index (κ2) is 5.84. The molecule has 3 atom stereocenters.